The Morgan fingerprint density at radius 1 is 1.27 bits per heavy atom. The molecule has 0 aliphatic carbocycles. The lowest BCUT2D eigenvalue weighted by Crippen LogP contribution is -2.15. The number of aliphatic hydroxyl groups excluding tert-OH is 1. The average molecular weight is 208 g/mol. The smallest absolute Gasteiger partial charge is 0.106 e. The highest BCUT2D eigenvalue weighted by Crippen LogP contribution is 2.22. The molecule has 0 heterocycles. The van der Waals surface area contributed by atoms with E-state index in [2.05, 4.69) is 13.0 Å². The Hall–Kier alpha value is -0.860. The standard InChI is InChI=1S/C13H20O2/c1-4-11-7-5-6-8-12(11)13(9-14)15-10(2)3/h5-8,10,13-14H,4,9H2,1-3H3/t13-/m0/s1. The van der Waals surface area contributed by atoms with Crippen LogP contribution < -0.4 is 0 Å². The predicted molar refractivity (Wildman–Crippen MR) is 61.9 cm³/mol. The molecule has 0 aliphatic rings. The molecule has 84 valence electrons. The third-order valence-electron chi connectivity index (χ3n) is 2.39. The Labute approximate surface area is 91.9 Å². The summed E-state index contributed by atoms with van der Waals surface area (Å²) < 4.78 is 5.68. The zero-order valence-electron chi connectivity index (χ0n) is 9.73. The summed E-state index contributed by atoms with van der Waals surface area (Å²) in [4.78, 5) is 0. The Morgan fingerprint density at radius 2 is 1.93 bits per heavy atom. The summed E-state index contributed by atoms with van der Waals surface area (Å²) in [6, 6.07) is 8.12. The van der Waals surface area contributed by atoms with Gasteiger partial charge in [-0.3, -0.25) is 0 Å². The van der Waals surface area contributed by atoms with Gasteiger partial charge in [0.05, 0.1) is 12.7 Å². The molecule has 1 aromatic carbocycles. The van der Waals surface area contributed by atoms with Gasteiger partial charge in [-0.1, -0.05) is 31.2 Å². The van der Waals surface area contributed by atoms with Crippen molar-refractivity contribution in [1.82, 2.24) is 0 Å². The molecular weight excluding hydrogens is 188 g/mol. The molecule has 0 aliphatic heterocycles. The number of aliphatic hydroxyl groups is 1. The topological polar surface area (TPSA) is 29.5 Å². The van der Waals surface area contributed by atoms with Crippen LogP contribution in [-0.4, -0.2) is 17.8 Å². The highest BCUT2D eigenvalue weighted by molar-refractivity contribution is 5.29. The van der Waals surface area contributed by atoms with Crippen LogP contribution in [0.4, 0.5) is 0 Å². The molecule has 0 amide bonds. The van der Waals surface area contributed by atoms with E-state index >= 15 is 0 Å². The van der Waals surface area contributed by atoms with Gasteiger partial charge < -0.3 is 9.84 Å². The number of benzene rings is 1. The lowest BCUT2D eigenvalue weighted by Gasteiger charge is -2.21. The maximum Gasteiger partial charge on any atom is 0.106 e. The van der Waals surface area contributed by atoms with Crippen molar-refractivity contribution in [2.45, 2.75) is 39.4 Å². The third-order valence-corrected chi connectivity index (χ3v) is 2.39. The van der Waals surface area contributed by atoms with Crippen LogP contribution >= 0.6 is 0 Å². The molecule has 0 spiro atoms. The van der Waals surface area contributed by atoms with Gasteiger partial charge in [-0.05, 0) is 31.4 Å². The van der Waals surface area contributed by atoms with Gasteiger partial charge in [-0.15, -0.1) is 0 Å². The lowest BCUT2D eigenvalue weighted by atomic mass is 10.0. The fourth-order valence-corrected chi connectivity index (χ4v) is 1.71. The molecule has 1 atom stereocenters. The van der Waals surface area contributed by atoms with Gasteiger partial charge in [-0.25, -0.2) is 0 Å². The SMILES string of the molecule is CCc1ccccc1[C@H](CO)OC(C)C. The summed E-state index contributed by atoms with van der Waals surface area (Å²) in [6.45, 7) is 6.12. The van der Waals surface area contributed by atoms with E-state index in [0.717, 1.165) is 12.0 Å². The Kier molecular flexibility index (Phi) is 4.79. The minimum Gasteiger partial charge on any atom is -0.393 e. The molecule has 0 fully saturated rings. The van der Waals surface area contributed by atoms with Gasteiger partial charge >= 0.3 is 0 Å². The third kappa shape index (κ3) is 3.33. The highest BCUT2D eigenvalue weighted by Gasteiger charge is 2.15. The van der Waals surface area contributed by atoms with Crippen molar-refractivity contribution >= 4 is 0 Å². The molecule has 0 saturated carbocycles. The van der Waals surface area contributed by atoms with Crippen LogP contribution in [0.1, 0.15) is 38.0 Å². The quantitative estimate of drug-likeness (QED) is 0.806. The number of hydrogen-bond acceptors (Lipinski definition) is 2. The first-order valence-electron chi connectivity index (χ1n) is 5.53. The van der Waals surface area contributed by atoms with Gasteiger partial charge in [0.2, 0.25) is 0 Å². The summed E-state index contributed by atoms with van der Waals surface area (Å²) in [5.74, 6) is 0. The zero-order valence-corrected chi connectivity index (χ0v) is 9.73. The van der Waals surface area contributed by atoms with E-state index in [-0.39, 0.29) is 18.8 Å². The lowest BCUT2D eigenvalue weighted by molar-refractivity contribution is -0.0252. The normalized spacial score (nSPS) is 13.1. The minimum atomic E-state index is -0.193. The van der Waals surface area contributed by atoms with Gasteiger partial charge in [0.1, 0.15) is 6.10 Å². The van der Waals surface area contributed by atoms with Crippen LogP contribution in [-0.2, 0) is 11.2 Å². The first kappa shape index (κ1) is 12.2. The van der Waals surface area contributed by atoms with Crippen molar-refractivity contribution in [3.63, 3.8) is 0 Å². The summed E-state index contributed by atoms with van der Waals surface area (Å²) in [5.41, 5.74) is 2.36. The molecule has 1 aromatic rings. The monoisotopic (exact) mass is 208 g/mol. The van der Waals surface area contributed by atoms with Crippen molar-refractivity contribution in [3.05, 3.63) is 35.4 Å². The predicted octanol–water partition coefficient (Wildman–Crippen LogP) is 2.71. The summed E-state index contributed by atoms with van der Waals surface area (Å²) in [7, 11) is 0. The van der Waals surface area contributed by atoms with Crippen LogP contribution in [0, 0.1) is 0 Å². The molecular formula is C13H20O2. The Balaban J connectivity index is 2.90. The van der Waals surface area contributed by atoms with E-state index in [9.17, 15) is 5.11 Å². The first-order valence-corrected chi connectivity index (χ1v) is 5.53. The highest BCUT2D eigenvalue weighted by atomic mass is 16.5. The second kappa shape index (κ2) is 5.89. The van der Waals surface area contributed by atoms with E-state index < -0.39 is 0 Å². The number of ether oxygens (including phenoxy) is 1. The minimum absolute atomic E-state index is 0.0369. The summed E-state index contributed by atoms with van der Waals surface area (Å²) >= 11 is 0. The maximum atomic E-state index is 9.32. The van der Waals surface area contributed by atoms with E-state index in [0.29, 0.717) is 0 Å². The van der Waals surface area contributed by atoms with Gasteiger partial charge in [0, 0.05) is 0 Å². The van der Waals surface area contributed by atoms with E-state index in [4.69, 9.17) is 4.74 Å². The number of hydrogen-bond donors (Lipinski definition) is 1. The van der Waals surface area contributed by atoms with Crippen molar-refractivity contribution in [3.8, 4) is 0 Å². The first-order chi connectivity index (χ1) is 7.19. The van der Waals surface area contributed by atoms with Crippen LogP contribution in [0.3, 0.4) is 0 Å². The molecule has 1 rings (SSSR count). The van der Waals surface area contributed by atoms with Gasteiger partial charge in [-0.2, -0.15) is 0 Å². The summed E-state index contributed by atoms with van der Waals surface area (Å²) in [5, 5.41) is 9.32. The zero-order chi connectivity index (χ0) is 11.3. The second-order valence-electron chi connectivity index (χ2n) is 3.91. The fraction of sp³-hybridized carbons (Fsp3) is 0.538. The Bertz CT molecular complexity index is 294. The average Bonchev–Trinajstić information content (AvgIpc) is 2.25. The van der Waals surface area contributed by atoms with Crippen LogP contribution in [0.5, 0.6) is 0 Å². The van der Waals surface area contributed by atoms with Crippen molar-refractivity contribution in [2.24, 2.45) is 0 Å². The molecule has 0 aromatic heterocycles. The van der Waals surface area contributed by atoms with Crippen LogP contribution in [0.25, 0.3) is 0 Å². The molecule has 0 bridgehead atoms. The Morgan fingerprint density at radius 3 is 2.47 bits per heavy atom. The molecule has 2 heteroatoms. The molecule has 15 heavy (non-hydrogen) atoms. The maximum absolute atomic E-state index is 9.32. The van der Waals surface area contributed by atoms with Gasteiger partial charge in [0.15, 0.2) is 0 Å². The van der Waals surface area contributed by atoms with Crippen LogP contribution in [0.15, 0.2) is 24.3 Å². The fourth-order valence-electron chi connectivity index (χ4n) is 1.71. The van der Waals surface area contributed by atoms with Crippen molar-refractivity contribution < 1.29 is 9.84 Å². The van der Waals surface area contributed by atoms with Crippen LogP contribution in [0.2, 0.25) is 0 Å². The second-order valence-corrected chi connectivity index (χ2v) is 3.91. The number of rotatable bonds is 5. The van der Waals surface area contributed by atoms with E-state index in [1.807, 2.05) is 32.0 Å². The molecule has 0 unspecified atom stereocenters. The molecule has 0 saturated heterocycles. The van der Waals surface area contributed by atoms with Gasteiger partial charge in [0.25, 0.3) is 0 Å². The van der Waals surface area contributed by atoms with Crippen molar-refractivity contribution in [2.75, 3.05) is 6.61 Å². The molecule has 2 nitrogen and oxygen atoms in total. The van der Waals surface area contributed by atoms with Crippen molar-refractivity contribution in [1.29, 1.82) is 0 Å². The molecule has 0 radical (unpaired) electrons. The largest absolute Gasteiger partial charge is 0.393 e. The summed E-state index contributed by atoms with van der Waals surface area (Å²) in [6.07, 6.45) is 0.905. The molecule has 1 N–H and O–H groups in total. The van der Waals surface area contributed by atoms with E-state index in [1.54, 1.807) is 0 Å². The number of aryl methyl sites for hydroxylation is 1. The van der Waals surface area contributed by atoms with E-state index in [1.165, 1.54) is 5.56 Å².